The molecule has 3 aromatic rings. The number of rotatable bonds is 10. The highest BCUT2D eigenvalue weighted by Crippen LogP contribution is 2.29. The van der Waals surface area contributed by atoms with Crippen LogP contribution in [-0.4, -0.2) is 27.0 Å². The number of carbonyl (C=O) groups excluding carboxylic acids is 1. The number of benzene rings is 2. The summed E-state index contributed by atoms with van der Waals surface area (Å²) < 4.78 is 5.69. The number of nitrogens with zero attached hydrogens (tertiary/aromatic N) is 2. The summed E-state index contributed by atoms with van der Waals surface area (Å²) >= 11 is 0. The van der Waals surface area contributed by atoms with Gasteiger partial charge in [-0.15, -0.1) is 0 Å². The van der Waals surface area contributed by atoms with Crippen LogP contribution in [0.3, 0.4) is 0 Å². The number of hydrogen-bond acceptors (Lipinski definition) is 5. The smallest absolute Gasteiger partial charge is 0.143 e. The highest BCUT2D eigenvalue weighted by Gasteiger charge is 2.20. The van der Waals surface area contributed by atoms with E-state index < -0.39 is 0 Å². The van der Waals surface area contributed by atoms with Crippen LogP contribution in [0.25, 0.3) is 11.3 Å². The molecule has 1 N–H and O–H groups in total. The number of ketones is 1. The SMILES string of the molecule is CC(C)Oc1ccc(CC(=O)Cc2ncc(-c3ccc(CO)cc3)nc2CC2CCCC2)cc1. The first-order valence-electron chi connectivity index (χ1n) is 12.3. The second-order valence-electron chi connectivity index (χ2n) is 9.56. The van der Waals surface area contributed by atoms with Gasteiger partial charge in [0.05, 0.1) is 42.4 Å². The maximum absolute atomic E-state index is 12.9. The van der Waals surface area contributed by atoms with Crippen LogP contribution in [0, 0.1) is 5.92 Å². The molecule has 1 heterocycles. The van der Waals surface area contributed by atoms with E-state index in [4.69, 9.17) is 14.7 Å². The molecule has 1 fully saturated rings. The van der Waals surface area contributed by atoms with Crippen molar-refractivity contribution in [2.24, 2.45) is 5.92 Å². The van der Waals surface area contributed by atoms with Gasteiger partial charge in [0.15, 0.2) is 0 Å². The molecule has 178 valence electrons. The van der Waals surface area contributed by atoms with Crippen LogP contribution in [0.5, 0.6) is 5.75 Å². The molecule has 1 aromatic heterocycles. The number of ether oxygens (including phenoxy) is 1. The summed E-state index contributed by atoms with van der Waals surface area (Å²) in [6.07, 6.45) is 8.41. The zero-order chi connectivity index (χ0) is 23.9. The van der Waals surface area contributed by atoms with Crippen molar-refractivity contribution in [1.29, 1.82) is 0 Å². The lowest BCUT2D eigenvalue weighted by atomic mass is 9.97. The average Bonchev–Trinajstić information content (AvgIpc) is 3.34. The van der Waals surface area contributed by atoms with Crippen LogP contribution in [-0.2, 0) is 30.7 Å². The van der Waals surface area contributed by atoms with Gasteiger partial charge in [-0.25, -0.2) is 4.98 Å². The molecule has 0 aliphatic heterocycles. The van der Waals surface area contributed by atoms with Gasteiger partial charge in [0, 0.05) is 12.0 Å². The van der Waals surface area contributed by atoms with Gasteiger partial charge in [-0.05, 0) is 49.4 Å². The Morgan fingerprint density at radius 2 is 1.65 bits per heavy atom. The van der Waals surface area contributed by atoms with Crippen LogP contribution in [0.15, 0.2) is 54.7 Å². The largest absolute Gasteiger partial charge is 0.491 e. The van der Waals surface area contributed by atoms with Crippen molar-refractivity contribution < 1.29 is 14.6 Å². The molecule has 0 unspecified atom stereocenters. The molecule has 0 spiro atoms. The van der Waals surface area contributed by atoms with Crippen LogP contribution in [0.4, 0.5) is 0 Å². The Morgan fingerprint density at radius 1 is 0.971 bits per heavy atom. The molecule has 0 bridgehead atoms. The Kier molecular flexibility index (Phi) is 8.07. The Morgan fingerprint density at radius 3 is 2.29 bits per heavy atom. The summed E-state index contributed by atoms with van der Waals surface area (Å²) in [4.78, 5) is 22.6. The fourth-order valence-electron chi connectivity index (χ4n) is 4.61. The summed E-state index contributed by atoms with van der Waals surface area (Å²) in [5, 5.41) is 9.31. The Bertz CT molecular complexity index is 1090. The Labute approximate surface area is 202 Å². The van der Waals surface area contributed by atoms with Gasteiger partial charge in [-0.2, -0.15) is 0 Å². The molecule has 5 heteroatoms. The van der Waals surface area contributed by atoms with Crippen molar-refractivity contribution in [3.8, 4) is 17.0 Å². The van der Waals surface area contributed by atoms with E-state index in [1.54, 1.807) is 6.20 Å². The molecule has 1 saturated carbocycles. The van der Waals surface area contributed by atoms with Crippen molar-refractivity contribution in [1.82, 2.24) is 9.97 Å². The summed E-state index contributed by atoms with van der Waals surface area (Å²) in [6, 6.07) is 15.5. The summed E-state index contributed by atoms with van der Waals surface area (Å²) in [6.45, 7) is 4.02. The van der Waals surface area contributed by atoms with E-state index in [1.807, 2.05) is 62.4 Å². The average molecular weight is 459 g/mol. The molecule has 0 atom stereocenters. The normalized spacial score (nSPS) is 14.0. The van der Waals surface area contributed by atoms with Crippen LogP contribution in [0.1, 0.15) is 62.0 Å². The number of carbonyl (C=O) groups is 1. The predicted molar refractivity (Wildman–Crippen MR) is 134 cm³/mol. The van der Waals surface area contributed by atoms with Gasteiger partial charge in [0.1, 0.15) is 11.5 Å². The highest BCUT2D eigenvalue weighted by molar-refractivity contribution is 5.83. The van der Waals surface area contributed by atoms with Crippen molar-refractivity contribution >= 4 is 5.78 Å². The van der Waals surface area contributed by atoms with Gasteiger partial charge in [-0.1, -0.05) is 62.1 Å². The van der Waals surface area contributed by atoms with E-state index in [0.717, 1.165) is 45.9 Å². The van der Waals surface area contributed by atoms with E-state index in [1.165, 1.54) is 25.7 Å². The molecule has 0 amide bonds. The minimum Gasteiger partial charge on any atom is -0.491 e. The highest BCUT2D eigenvalue weighted by atomic mass is 16.5. The van der Waals surface area contributed by atoms with Crippen molar-refractivity contribution in [2.75, 3.05) is 0 Å². The molecule has 1 aliphatic carbocycles. The first-order valence-corrected chi connectivity index (χ1v) is 12.3. The number of hydrogen-bond donors (Lipinski definition) is 1. The third kappa shape index (κ3) is 6.51. The third-order valence-electron chi connectivity index (χ3n) is 6.38. The quantitative estimate of drug-likeness (QED) is 0.434. The molecule has 34 heavy (non-hydrogen) atoms. The van der Waals surface area contributed by atoms with Crippen molar-refractivity contribution in [3.05, 3.63) is 77.2 Å². The third-order valence-corrected chi connectivity index (χ3v) is 6.38. The number of aliphatic hydroxyl groups is 1. The summed E-state index contributed by atoms with van der Waals surface area (Å²) in [5.74, 6) is 1.57. The molecule has 0 saturated heterocycles. The van der Waals surface area contributed by atoms with Crippen molar-refractivity contribution in [3.63, 3.8) is 0 Å². The second-order valence-corrected chi connectivity index (χ2v) is 9.56. The monoisotopic (exact) mass is 458 g/mol. The van der Waals surface area contributed by atoms with Crippen LogP contribution in [0.2, 0.25) is 0 Å². The maximum atomic E-state index is 12.9. The van der Waals surface area contributed by atoms with Crippen LogP contribution < -0.4 is 4.74 Å². The lowest BCUT2D eigenvalue weighted by Gasteiger charge is -2.14. The van der Waals surface area contributed by atoms with Gasteiger partial charge < -0.3 is 9.84 Å². The lowest BCUT2D eigenvalue weighted by Crippen LogP contribution is -2.14. The second kappa shape index (κ2) is 11.4. The predicted octanol–water partition coefficient (Wildman–Crippen LogP) is 5.51. The standard InChI is InChI=1S/C29H34N2O3/c1-20(2)34-26-13-9-22(10-14-26)15-25(33)17-27-28(16-21-5-3-4-6-21)31-29(18-30-27)24-11-7-23(19-32)8-12-24/h7-14,18,20-21,32H,3-6,15-17,19H2,1-2H3. The fraction of sp³-hybridized carbons (Fsp3) is 0.414. The minimum absolute atomic E-state index is 0.0212. The topological polar surface area (TPSA) is 72.3 Å². The van der Waals surface area contributed by atoms with Gasteiger partial charge in [-0.3, -0.25) is 9.78 Å². The van der Waals surface area contributed by atoms with E-state index >= 15 is 0 Å². The maximum Gasteiger partial charge on any atom is 0.143 e. The Balaban J connectivity index is 1.50. The molecule has 2 aromatic carbocycles. The number of Topliss-reactive ketones (excluding diaryl/α,β-unsaturated/α-hetero) is 1. The molecule has 1 aliphatic rings. The van der Waals surface area contributed by atoms with E-state index in [9.17, 15) is 9.90 Å². The fourth-order valence-corrected chi connectivity index (χ4v) is 4.61. The molecule has 4 rings (SSSR count). The van der Waals surface area contributed by atoms with Crippen LogP contribution >= 0.6 is 0 Å². The Hall–Kier alpha value is -3.05. The van der Waals surface area contributed by atoms with Crippen molar-refractivity contribution in [2.45, 2.75) is 71.5 Å². The molecular formula is C29H34N2O3. The van der Waals surface area contributed by atoms with E-state index in [0.29, 0.717) is 18.8 Å². The molecule has 0 radical (unpaired) electrons. The summed E-state index contributed by atoms with van der Waals surface area (Å²) in [5.41, 5.74) is 5.38. The number of aromatic nitrogens is 2. The minimum atomic E-state index is 0.0212. The molecule has 5 nitrogen and oxygen atoms in total. The van der Waals surface area contributed by atoms with Gasteiger partial charge >= 0.3 is 0 Å². The first kappa shape index (κ1) is 24.1. The lowest BCUT2D eigenvalue weighted by molar-refractivity contribution is -0.117. The molecular weight excluding hydrogens is 424 g/mol. The summed E-state index contributed by atoms with van der Waals surface area (Å²) in [7, 11) is 0. The number of aliphatic hydroxyl groups excluding tert-OH is 1. The zero-order valence-electron chi connectivity index (χ0n) is 20.2. The van der Waals surface area contributed by atoms with E-state index in [2.05, 4.69) is 0 Å². The zero-order valence-corrected chi connectivity index (χ0v) is 20.2. The van der Waals surface area contributed by atoms with Gasteiger partial charge in [0.25, 0.3) is 0 Å². The van der Waals surface area contributed by atoms with Gasteiger partial charge in [0.2, 0.25) is 0 Å². The first-order chi connectivity index (χ1) is 16.5. The van der Waals surface area contributed by atoms with E-state index in [-0.39, 0.29) is 18.5 Å².